The van der Waals surface area contributed by atoms with Gasteiger partial charge in [0, 0.05) is 25.0 Å². The van der Waals surface area contributed by atoms with Gasteiger partial charge in [-0.2, -0.15) is 0 Å². The summed E-state index contributed by atoms with van der Waals surface area (Å²) in [4.78, 5) is 53.3. The van der Waals surface area contributed by atoms with Gasteiger partial charge in [-0.15, -0.1) is 0 Å². The molecule has 16 nitrogen and oxygen atoms in total. The average Bonchev–Trinajstić information content (AvgIpc) is 2.96. The van der Waals surface area contributed by atoms with Gasteiger partial charge in [0.2, 0.25) is 4.29 Å². The summed E-state index contributed by atoms with van der Waals surface area (Å²) in [5.41, 5.74) is -5.99. The van der Waals surface area contributed by atoms with Crippen LogP contribution in [-0.4, -0.2) is 47.5 Å². The molecule has 4 N–H and O–H groups in total. The van der Waals surface area contributed by atoms with Gasteiger partial charge in [0.25, 0.3) is 21.2 Å². The smallest absolute Gasteiger partial charge is 0.756 e. The summed E-state index contributed by atoms with van der Waals surface area (Å²) in [6.07, 6.45) is -19.7. The van der Waals surface area contributed by atoms with Gasteiger partial charge in [0.05, 0.1) is 20.9 Å². The van der Waals surface area contributed by atoms with Crippen LogP contribution < -0.4 is 58.8 Å². The van der Waals surface area contributed by atoms with Gasteiger partial charge in [0.1, 0.15) is 12.3 Å². The molecule has 0 bridgehead atoms. The van der Waals surface area contributed by atoms with E-state index < -0.39 is 94.1 Å². The second-order valence-electron chi connectivity index (χ2n) is 4.41. The zero-order valence-electron chi connectivity index (χ0n) is 30.0. The number of nitrogens with one attached hydrogen (secondary N) is 1. The Labute approximate surface area is 219 Å². The third kappa shape index (κ3) is 9.53. The fourth-order valence-electron chi connectivity index (χ4n) is 1.40. The topological polar surface area (TPSA) is 250 Å². The number of nitrogens with zero attached hydrogens (tertiary/aromatic N) is 1. The summed E-state index contributed by atoms with van der Waals surface area (Å²) >= 11 is 0. The largest absolute Gasteiger partial charge is 1.00 e. The Hall–Kier alpha value is 0.205. The fraction of sp³-hybridized carbons (Fsp3) is 0.600. The van der Waals surface area contributed by atoms with Crippen LogP contribution in [-0.2, 0) is 31.6 Å². The molecule has 1 aromatic heterocycles. The molecule has 2 heterocycles. The Kier molecular flexibility index (Phi) is 5.20. The number of hydrogen-bond acceptors (Lipinski definition) is 14. The molecular formula is C10H15Li2N2O14P3. The van der Waals surface area contributed by atoms with Crippen molar-refractivity contribution in [2.45, 2.75) is 31.6 Å². The van der Waals surface area contributed by atoms with Gasteiger partial charge in [-0.1, -0.05) is 0 Å². The molecule has 6 atom stereocenters. The first-order valence-electron chi connectivity index (χ1n) is 13.5. The third-order valence-corrected chi connectivity index (χ3v) is 5.82. The maximum Gasteiger partial charge on any atom is 1.00 e. The van der Waals surface area contributed by atoms with Crippen molar-refractivity contribution in [1.29, 1.82) is 4.29 Å². The predicted octanol–water partition coefficient (Wildman–Crippen LogP) is -8.42. The fourth-order valence-corrected chi connectivity index (χ4v) is 4.08. The quantitative estimate of drug-likeness (QED) is 0.160. The first-order valence-corrected chi connectivity index (χ1v) is 10.7. The summed E-state index contributed by atoms with van der Waals surface area (Å²) in [5.74, 6) is 0. The first-order chi connectivity index (χ1) is 19.4. The van der Waals surface area contributed by atoms with Crippen LogP contribution in [0.4, 0.5) is 0 Å². The Morgan fingerprint density at radius 3 is 2.77 bits per heavy atom. The number of phosphoric acid groups is 3. The predicted molar refractivity (Wildman–Crippen MR) is 86.0 cm³/mol. The molecule has 0 saturated carbocycles. The molecule has 21 heteroatoms. The van der Waals surface area contributed by atoms with Gasteiger partial charge < -0.3 is 29.4 Å². The van der Waals surface area contributed by atoms with Crippen molar-refractivity contribution >= 4 is 23.5 Å². The molecule has 0 aromatic carbocycles. The number of rotatable bonds is 11. The van der Waals surface area contributed by atoms with E-state index in [1.165, 1.54) is 0 Å². The molecule has 166 valence electrons. The minimum atomic E-state index is -6.67. The van der Waals surface area contributed by atoms with Gasteiger partial charge >= 0.3 is 51.2 Å². The molecule has 2 rings (SSSR count). The minimum Gasteiger partial charge on any atom is -0.756 e. The number of aromatic amines is 1. The number of H-pyrrole nitrogens is 1. The van der Waals surface area contributed by atoms with Crippen molar-refractivity contribution in [2.75, 3.05) is 6.56 Å². The van der Waals surface area contributed by atoms with Crippen LogP contribution in [0.5, 0.6) is 0 Å². The number of aromatic nitrogens is 2. The molecule has 3 unspecified atom stereocenters. The molecule has 1 aliphatic rings. The molecule has 31 heavy (non-hydrogen) atoms. The minimum absolute atomic E-state index is 0. The molecule has 0 radical (unpaired) electrons. The third-order valence-electron chi connectivity index (χ3n) is 2.30. The Bertz CT molecular complexity index is 1600. The van der Waals surface area contributed by atoms with Crippen molar-refractivity contribution < 1.29 is 110 Å². The Morgan fingerprint density at radius 1 is 1.48 bits per heavy atom. The van der Waals surface area contributed by atoms with E-state index in [1.54, 1.807) is 0 Å². The summed E-state index contributed by atoms with van der Waals surface area (Å²) in [7, 11) is -19.3. The van der Waals surface area contributed by atoms with E-state index in [2.05, 4.69) is 32.8 Å². The van der Waals surface area contributed by atoms with Crippen LogP contribution in [0, 0.1) is 6.85 Å². The van der Waals surface area contributed by atoms with Crippen LogP contribution in [0.1, 0.15) is 33.2 Å². The van der Waals surface area contributed by atoms with Crippen molar-refractivity contribution in [1.82, 2.24) is 9.54 Å². The molecule has 0 amide bonds. The van der Waals surface area contributed by atoms with E-state index in [-0.39, 0.29) is 37.7 Å². The second kappa shape index (κ2) is 11.6. The van der Waals surface area contributed by atoms with E-state index in [0.717, 1.165) is 0 Å². The van der Waals surface area contributed by atoms with Gasteiger partial charge in [-0.3, -0.25) is 28.0 Å². The Morgan fingerprint density at radius 2 is 2.19 bits per heavy atom. The van der Waals surface area contributed by atoms with E-state index >= 15 is 0 Å². The van der Waals surface area contributed by atoms with Crippen LogP contribution in [0.3, 0.4) is 0 Å². The maximum absolute atomic E-state index is 12.8. The molecule has 1 aliphatic heterocycles. The summed E-state index contributed by atoms with van der Waals surface area (Å²) in [6.45, 7) is -8.40. The SMILES string of the molecule is [2H]O[C@@]1([2H])C([2H])([2H])[C@]([2H])(n2c([2H])c(C([2H])([2H])[2H])c(=O)n([2H])c2=O)O[C@]1([2H])C([2H])([2H])OP(=O)(O[2H])OP(=O)([O-])OP(=O)([O-])O[2H].[Li+].[Li+]. The van der Waals surface area contributed by atoms with E-state index in [4.69, 9.17) is 20.8 Å². The molecule has 1 saturated heterocycles. The van der Waals surface area contributed by atoms with Gasteiger partial charge in [-0.25, -0.2) is 18.0 Å². The van der Waals surface area contributed by atoms with Crippen molar-refractivity contribution in [2.24, 2.45) is 0 Å². The van der Waals surface area contributed by atoms with Gasteiger partial charge in [-0.05, 0) is 6.85 Å². The summed E-state index contributed by atoms with van der Waals surface area (Å²) in [5, 5.41) is 3.80. The number of ether oxygens (including phenoxy) is 1. The number of hydrogen-bond donors (Lipinski definition) is 4. The van der Waals surface area contributed by atoms with E-state index in [1.807, 2.05) is 0 Å². The van der Waals surface area contributed by atoms with Crippen LogP contribution in [0.15, 0.2) is 15.8 Å². The maximum atomic E-state index is 12.8. The van der Waals surface area contributed by atoms with E-state index in [0.29, 0.717) is 0 Å². The first kappa shape index (κ1) is 13.9. The van der Waals surface area contributed by atoms with Crippen LogP contribution >= 0.6 is 23.5 Å². The van der Waals surface area contributed by atoms with Crippen molar-refractivity contribution in [3.05, 3.63) is 32.6 Å². The van der Waals surface area contributed by atoms with Crippen LogP contribution in [0.25, 0.3) is 0 Å². The molecule has 0 spiro atoms. The van der Waals surface area contributed by atoms with Crippen LogP contribution in [0.2, 0.25) is 1.41 Å². The number of aliphatic hydroxyl groups is 1. The molecular weight excluding hydrogens is 479 g/mol. The van der Waals surface area contributed by atoms with E-state index in [9.17, 15) is 33.1 Å². The molecule has 0 aliphatic carbocycles. The Balaban J connectivity index is 0.0000101. The van der Waals surface area contributed by atoms with Crippen molar-refractivity contribution in [3.63, 3.8) is 0 Å². The molecule has 1 aromatic rings. The second-order valence-corrected chi connectivity index (χ2v) is 8.58. The average molecular weight is 509 g/mol. The molecule has 1 fully saturated rings. The zero-order chi connectivity index (χ0) is 34.9. The summed E-state index contributed by atoms with van der Waals surface area (Å²) in [6, 6.07) is 0. The van der Waals surface area contributed by atoms with Gasteiger partial charge in [0.15, 0.2) is 1.41 Å². The number of phosphoric ester groups is 1. The summed E-state index contributed by atoms with van der Waals surface area (Å²) < 4.78 is 165. The zero-order valence-corrected chi connectivity index (χ0v) is 17.6. The van der Waals surface area contributed by atoms with Crippen molar-refractivity contribution in [3.8, 4) is 0 Å². The normalized spacial score (nSPS) is 43.1. The standard InChI is InChI=1S/C10H17N2O14P3.2Li/c1-5-3-12(10(15)11-9(5)14)8-2-6(13)7(24-8)4-23-28(19,20)26-29(21,22)25-27(16,17)18;;/h3,6-8,13H,2,4H2,1H3,(H,19,20)(H,21,22)(H,11,14,15)(H2,16,17,18);;/q;2*+1/p-2/t6-,7+,8+;;/m0../s1/i1D3,2D2,3D,4D2,6D,7D,8D,13D;;/hD3. The monoisotopic (exact) mass is 509 g/mol.